The van der Waals surface area contributed by atoms with E-state index in [0.717, 1.165) is 11.3 Å². The minimum atomic E-state index is -0.571. The Hall–Kier alpha value is -1.55. The molecule has 1 fully saturated rings. The van der Waals surface area contributed by atoms with E-state index in [1.165, 1.54) is 0 Å². The molecule has 2 atom stereocenters. The van der Waals surface area contributed by atoms with Gasteiger partial charge in [0.25, 0.3) is 0 Å². The summed E-state index contributed by atoms with van der Waals surface area (Å²) in [6, 6.07) is 7.52. The number of carbonyl (C=O) groups is 1. The number of carbonyl (C=O) groups excluding carboxylic acids is 1. The molecule has 0 saturated carbocycles. The topological polar surface area (TPSA) is 48.1 Å². The monoisotopic (exact) mass is 250 g/mol. The van der Waals surface area contributed by atoms with E-state index in [1.807, 2.05) is 45.0 Å². The predicted octanol–water partition coefficient (Wildman–Crippen LogP) is 2.26. The number of rotatable bonds is 4. The van der Waals surface area contributed by atoms with E-state index in [2.05, 4.69) is 0 Å². The van der Waals surface area contributed by atoms with E-state index >= 15 is 0 Å². The van der Waals surface area contributed by atoms with Crippen molar-refractivity contribution in [2.45, 2.75) is 38.6 Å². The highest BCUT2D eigenvalue weighted by molar-refractivity contribution is 5.80. The fraction of sp³-hybridized carbons (Fsp3) is 0.500. The van der Waals surface area contributed by atoms with E-state index in [1.54, 1.807) is 7.11 Å². The molecule has 1 aliphatic rings. The van der Waals surface area contributed by atoms with Crippen molar-refractivity contribution in [1.29, 1.82) is 0 Å². The van der Waals surface area contributed by atoms with E-state index in [4.69, 9.17) is 14.2 Å². The van der Waals surface area contributed by atoms with Gasteiger partial charge in [-0.25, -0.2) is 4.79 Å². The second-order valence-electron chi connectivity index (χ2n) is 4.82. The maximum atomic E-state index is 11.8. The molecule has 0 spiro atoms. The van der Waals surface area contributed by atoms with Crippen LogP contribution in [0.25, 0.3) is 0 Å². The van der Waals surface area contributed by atoms with Crippen molar-refractivity contribution in [1.82, 2.24) is 0 Å². The Morgan fingerprint density at radius 2 is 1.94 bits per heavy atom. The maximum absolute atomic E-state index is 11.8. The van der Waals surface area contributed by atoms with Crippen LogP contribution in [0.2, 0.25) is 0 Å². The fourth-order valence-electron chi connectivity index (χ4n) is 1.92. The Labute approximate surface area is 107 Å². The first-order chi connectivity index (χ1) is 8.47. The molecule has 0 amide bonds. The molecule has 0 N–H and O–H groups in total. The van der Waals surface area contributed by atoms with Crippen molar-refractivity contribution >= 4 is 5.97 Å². The van der Waals surface area contributed by atoms with E-state index in [-0.39, 0.29) is 12.1 Å². The zero-order chi connectivity index (χ0) is 13.3. The molecule has 4 heteroatoms. The minimum Gasteiger partial charge on any atom is -0.497 e. The van der Waals surface area contributed by atoms with Gasteiger partial charge < -0.3 is 14.2 Å². The largest absolute Gasteiger partial charge is 0.497 e. The average molecular weight is 250 g/mol. The molecule has 98 valence electrons. The number of epoxide rings is 1. The number of ether oxygens (including phenoxy) is 3. The van der Waals surface area contributed by atoms with E-state index < -0.39 is 11.7 Å². The van der Waals surface area contributed by atoms with Gasteiger partial charge in [-0.15, -0.1) is 0 Å². The number of methoxy groups -OCH3 is 1. The molecule has 2 unspecified atom stereocenters. The molecule has 0 aromatic heterocycles. The molecule has 4 nitrogen and oxygen atoms in total. The summed E-state index contributed by atoms with van der Waals surface area (Å²) in [5, 5.41) is 0. The molecular formula is C14H18O4. The van der Waals surface area contributed by atoms with Gasteiger partial charge in [-0.1, -0.05) is 12.1 Å². The quantitative estimate of drug-likeness (QED) is 0.607. The van der Waals surface area contributed by atoms with Gasteiger partial charge in [0.2, 0.25) is 0 Å². The van der Waals surface area contributed by atoms with Crippen LogP contribution in [0.1, 0.15) is 26.3 Å². The summed E-state index contributed by atoms with van der Waals surface area (Å²) in [6.45, 7) is 5.54. The minimum absolute atomic E-state index is 0.123. The van der Waals surface area contributed by atoms with Crippen LogP contribution in [0.4, 0.5) is 0 Å². The summed E-state index contributed by atoms with van der Waals surface area (Å²) in [5.41, 5.74) is 0.382. The van der Waals surface area contributed by atoms with Crippen molar-refractivity contribution in [3.63, 3.8) is 0 Å². The van der Waals surface area contributed by atoms with Crippen LogP contribution >= 0.6 is 0 Å². The molecule has 0 radical (unpaired) electrons. The third kappa shape index (κ3) is 2.34. The first kappa shape index (κ1) is 12.9. The SMILES string of the molecule is COc1ccc(C2(C)OC2C(=O)OC(C)C)cc1. The standard InChI is InChI=1S/C14H18O4/c1-9(2)17-13(15)12-14(3,18-12)10-5-7-11(16-4)8-6-10/h5-9,12H,1-4H3. The smallest absolute Gasteiger partial charge is 0.338 e. The number of hydrogen-bond donors (Lipinski definition) is 0. The Bertz CT molecular complexity index is 438. The summed E-state index contributed by atoms with van der Waals surface area (Å²) < 4.78 is 15.8. The molecule has 0 bridgehead atoms. The zero-order valence-corrected chi connectivity index (χ0v) is 11.1. The molecule has 2 rings (SSSR count). The molecule has 1 aromatic rings. The van der Waals surface area contributed by atoms with Crippen molar-refractivity contribution in [2.75, 3.05) is 7.11 Å². The Kier molecular flexibility index (Phi) is 3.30. The second kappa shape index (κ2) is 4.61. The first-order valence-corrected chi connectivity index (χ1v) is 6.00. The third-order valence-corrected chi connectivity index (χ3v) is 3.03. The Morgan fingerprint density at radius 1 is 1.33 bits per heavy atom. The lowest BCUT2D eigenvalue weighted by molar-refractivity contribution is -0.148. The predicted molar refractivity (Wildman–Crippen MR) is 66.4 cm³/mol. The molecular weight excluding hydrogens is 232 g/mol. The van der Waals surface area contributed by atoms with Crippen molar-refractivity contribution in [2.24, 2.45) is 0 Å². The van der Waals surface area contributed by atoms with Gasteiger partial charge in [0, 0.05) is 0 Å². The molecule has 1 aromatic carbocycles. The van der Waals surface area contributed by atoms with Gasteiger partial charge in [0.1, 0.15) is 11.4 Å². The third-order valence-electron chi connectivity index (χ3n) is 3.03. The fourth-order valence-corrected chi connectivity index (χ4v) is 1.92. The van der Waals surface area contributed by atoms with Gasteiger partial charge in [-0.2, -0.15) is 0 Å². The van der Waals surface area contributed by atoms with Crippen LogP contribution in [-0.4, -0.2) is 25.3 Å². The molecule has 0 aliphatic carbocycles. The van der Waals surface area contributed by atoms with Gasteiger partial charge in [0.15, 0.2) is 6.10 Å². The van der Waals surface area contributed by atoms with Crippen molar-refractivity contribution in [3.05, 3.63) is 29.8 Å². The van der Waals surface area contributed by atoms with E-state index in [9.17, 15) is 4.79 Å². The Balaban J connectivity index is 2.07. The zero-order valence-electron chi connectivity index (χ0n) is 11.1. The van der Waals surface area contributed by atoms with Crippen LogP contribution in [-0.2, 0) is 19.9 Å². The lowest BCUT2D eigenvalue weighted by Crippen LogP contribution is -2.21. The van der Waals surface area contributed by atoms with Crippen LogP contribution in [0.3, 0.4) is 0 Å². The number of hydrogen-bond acceptors (Lipinski definition) is 4. The van der Waals surface area contributed by atoms with Crippen LogP contribution < -0.4 is 4.74 Å². The highest BCUT2D eigenvalue weighted by Crippen LogP contribution is 2.46. The number of esters is 1. The van der Waals surface area contributed by atoms with E-state index in [0.29, 0.717) is 0 Å². The molecule has 1 aliphatic heterocycles. The van der Waals surface area contributed by atoms with Gasteiger partial charge >= 0.3 is 5.97 Å². The highest BCUT2D eigenvalue weighted by atomic mass is 16.7. The highest BCUT2D eigenvalue weighted by Gasteiger charge is 2.59. The van der Waals surface area contributed by atoms with Gasteiger partial charge in [-0.3, -0.25) is 0 Å². The summed E-state index contributed by atoms with van der Waals surface area (Å²) in [6.07, 6.45) is -0.630. The van der Waals surface area contributed by atoms with Gasteiger partial charge in [-0.05, 0) is 38.5 Å². The van der Waals surface area contributed by atoms with Gasteiger partial charge in [0.05, 0.1) is 13.2 Å². The summed E-state index contributed by atoms with van der Waals surface area (Å²) >= 11 is 0. The normalized spacial score (nSPS) is 25.9. The van der Waals surface area contributed by atoms with Crippen LogP contribution in [0.15, 0.2) is 24.3 Å². The molecule has 18 heavy (non-hydrogen) atoms. The first-order valence-electron chi connectivity index (χ1n) is 6.00. The summed E-state index contributed by atoms with van der Waals surface area (Å²) in [5.74, 6) is 0.479. The van der Waals surface area contributed by atoms with Crippen LogP contribution in [0, 0.1) is 0 Å². The molecule has 1 saturated heterocycles. The van der Waals surface area contributed by atoms with Crippen molar-refractivity contribution < 1.29 is 19.0 Å². The maximum Gasteiger partial charge on any atom is 0.338 e. The summed E-state index contributed by atoms with van der Waals surface area (Å²) in [7, 11) is 1.62. The van der Waals surface area contributed by atoms with Crippen molar-refractivity contribution in [3.8, 4) is 5.75 Å². The lowest BCUT2D eigenvalue weighted by Gasteiger charge is -2.09. The molecule has 1 heterocycles. The second-order valence-corrected chi connectivity index (χ2v) is 4.82. The lowest BCUT2D eigenvalue weighted by atomic mass is 9.97. The summed E-state index contributed by atoms with van der Waals surface area (Å²) in [4.78, 5) is 11.8. The Morgan fingerprint density at radius 3 is 2.44 bits per heavy atom. The average Bonchev–Trinajstić information content (AvgIpc) is 3.03. The van der Waals surface area contributed by atoms with Crippen LogP contribution in [0.5, 0.6) is 5.75 Å². The number of benzene rings is 1.